The molecule has 4 aromatic rings. The highest BCUT2D eigenvalue weighted by Crippen LogP contribution is 2.21. The molecule has 6 heteroatoms. The molecule has 28 heavy (non-hydrogen) atoms. The average Bonchev–Trinajstić information content (AvgIpc) is 3.37. The number of nitrogens with zero attached hydrogens (tertiary/aromatic N) is 4. The first-order valence-electron chi connectivity index (χ1n) is 8.99. The lowest BCUT2D eigenvalue weighted by Gasteiger charge is -2.10. The monoisotopic (exact) mass is 376 g/mol. The van der Waals surface area contributed by atoms with E-state index >= 15 is 0 Å². The zero-order valence-electron chi connectivity index (χ0n) is 15.9. The van der Waals surface area contributed by atoms with Crippen molar-refractivity contribution in [1.29, 1.82) is 0 Å². The van der Waals surface area contributed by atoms with Crippen molar-refractivity contribution in [3.05, 3.63) is 108 Å². The fraction of sp³-hybridized carbons (Fsp3) is 0.182. The standard InChI is InChI=1S/2C11H12N2O/c2*1-13-10(7-8-12-13)11(14)9-5-3-2-4-6-9/h2*2-8,11,14H,1H3/t2*11-/m10/s1. The van der Waals surface area contributed by atoms with Gasteiger partial charge in [0.15, 0.2) is 0 Å². The normalized spacial score (nSPS) is 12.7. The van der Waals surface area contributed by atoms with E-state index in [9.17, 15) is 10.2 Å². The molecule has 0 spiro atoms. The third-order valence-corrected chi connectivity index (χ3v) is 4.51. The van der Waals surface area contributed by atoms with Gasteiger partial charge in [0.25, 0.3) is 0 Å². The minimum atomic E-state index is -0.594. The number of aromatic nitrogens is 4. The van der Waals surface area contributed by atoms with Crippen LogP contribution in [0, 0.1) is 0 Å². The number of hydrogen-bond acceptors (Lipinski definition) is 4. The molecule has 0 aliphatic heterocycles. The quantitative estimate of drug-likeness (QED) is 0.574. The predicted molar refractivity (Wildman–Crippen MR) is 107 cm³/mol. The van der Waals surface area contributed by atoms with E-state index in [1.807, 2.05) is 86.9 Å². The van der Waals surface area contributed by atoms with Crippen molar-refractivity contribution >= 4 is 0 Å². The van der Waals surface area contributed by atoms with Gasteiger partial charge in [-0.15, -0.1) is 0 Å². The summed E-state index contributed by atoms with van der Waals surface area (Å²) in [5.74, 6) is 0. The van der Waals surface area contributed by atoms with Gasteiger partial charge in [0.1, 0.15) is 12.2 Å². The van der Waals surface area contributed by atoms with Crippen molar-refractivity contribution in [3.8, 4) is 0 Å². The first kappa shape index (κ1) is 19.5. The van der Waals surface area contributed by atoms with E-state index in [2.05, 4.69) is 10.2 Å². The highest BCUT2D eigenvalue weighted by Gasteiger charge is 2.13. The van der Waals surface area contributed by atoms with Crippen LogP contribution in [0.3, 0.4) is 0 Å². The molecule has 2 aromatic heterocycles. The molecule has 144 valence electrons. The zero-order chi connectivity index (χ0) is 19.9. The van der Waals surface area contributed by atoms with Crippen LogP contribution in [0.15, 0.2) is 85.2 Å². The summed E-state index contributed by atoms with van der Waals surface area (Å²) in [4.78, 5) is 0. The van der Waals surface area contributed by atoms with Crippen molar-refractivity contribution in [2.75, 3.05) is 0 Å². The van der Waals surface area contributed by atoms with Gasteiger partial charge in [-0.25, -0.2) is 0 Å². The Morgan fingerprint density at radius 2 is 0.964 bits per heavy atom. The van der Waals surface area contributed by atoms with Crippen molar-refractivity contribution in [2.24, 2.45) is 14.1 Å². The molecule has 0 amide bonds. The van der Waals surface area contributed by atoms with Gasteiger partial charge in [-0.3, -0.25) is 9.36 Å². The van der Waals surface area contributed by atoms with E-state index in [1.54, 1.807) is 21.8 Å². The minimum Gasteiger partial charge on any atom is -0.382 e. The summed E-state index contributed by atoms with van der Waals surface area (Å²) in [5.41, 5.74) is 3.37. The second kappa shape index (κ2) is 9.12. The van der Waals surface area contributed by atoms with Crippen LogP contribution in [-0.2, 0) is 14.1 Å². The largest absolute Gasteiger partial charge is 0.382 e. The molecule has 0 unspecified atom stereocenters. The van der Waals surface area contributed by atoms with Gasteiger partial charge in [-0.2, -0.15) is 10.2 Å². The van der Waals surface area contributed by atoms with E-state index in [0.717, 1.165) is 22.5 Å². The second-order valence-electron chi connectivity index (χ2n) is 6.39. The molecular formula is C22H24N4O2. The van der Waals surface area contributed by atoms with Crippen LogP contribution in [-0.4, -0.2) is 29.8 Å². The highest BCUT2D eigenvalue weighted by molar-refractivity contribution is 5.25. The van der Waals surface area contributed by atoms with Gasteiger partial charge >= 0.3 is 0 Å². The average molecular weight is 376 g/mol. The van der Waals surface area contributed by atoms with Gasteiger partial charge < -0.3 is 10.2 Å². The third kappa shape index (κ3) is 4.54. The number of aliphatic hydroxyl groups is 2. The van der Waals surface area contributed by atoms with Gasteiger partial charge in [-0.1, -0.05) is 60.7 Å². The Morgan fingerprint density at radius 1 is 0.607 bits per heavy atom. The lowest BCUT2D eigenvalue weighted by atomic mass is 10.1. The van der Waals surface area contributed by atoms with Crippen molar-refractivity contribution in [2.45, 2.75) is 12.2 Å². The SMILES string of the molecule is Cn1nccc1[C@@H](O)c1ccccc1.Cn1nccc1[C@H](O)c1ccccc1. The molecule has 0 fully saturated rings. The summed E-state index contributed by atoms with van der Waals surface area (Å²) < 4.78 is 3.36. The fourth-order valence-electron chi connectivity index (χ4n) is 2.92. The molecule has 2 N–H and O–H groups in total. The zero-order valence-corrected chi connectivity index (χ0v) is 15.9. The summed E-state index contributed by atoms with van der Waals surface area (Å²) in [6, 6.07) is 22.7. The van der Waals surface area contributed by atoms with Gasteiger partial charge in [0, 0.05) is 26.5 Å². The number of aryl methyl sites for hydroxylation is 2. The Balaban J connectivity index is 0.000000161. The van der Waals surface area contributed by atoms with Crippen molar-refractivity contribution in [3.63, 3.8) is 0 Å². The maximum absolute atomic E-state index is 10.0. The summed E-state index contributed by atoms with van der Waals surface area (Å²) in [5, 5.41) is 28.0. The Bertz CT molecular complexity index is 898. The van der Waals surface area contributed by atoms with E-state index in [-0.39, 0.29) is 0 Å². The van der Waals surface area contributed by atoms with E-state index in [0.29, 0.717) is 0 Å². The molecule has 0 aliphatic carbocycles. The lowest BCUT2D eigenvalue weighted by molar-refractivity contribution is 0.209. The first-order chi connectivity index (χ1) is 13.6. The lowest BCUT2D eigenvalue weighted by Crippen LogP contribution is -2.06. The third-order valence-electron chi connectivity index (χ3n) is 4.51. The summed E-state index contributed by atoms with van der Waals surface area (Å²) >= 11 is 0. The summed E-state index contributed by atoms with van der Waals surface area (Å²) in [6.07, 6.45) is 2.18. The van der Waals surface area contributed by atoms with E-state index < -0.39 is 12.2 Å². The summed E-state index contributed by atoms with van der Waals surface area (Å²) in [7, 11) is 3.64. The van der Waals surface area contributed by atoms with Gasteiger partial charge in [-0.05, 0) is 23.3 Å². The van der Waals surface area contributed by atoms with Crippen LogP contribution in [0.5, 0.6) is 0 Å². The molecule has 0 saturated heterocycles. The Hall–Kier alpha value is -3.22. The number of benzene rings is 2. The first-order valence-corrected chi connectivity index (χ1v) is 8.99. The van der Waals surface area contributed by atoms with Crippen LogP contribution in [0.25, 0.3) is 0 Å². The molecule has 0 saturated carbocycles. The van der Waals surface area contributed by atoms with Gasteiger partial charge in [0.2, 0.25) is 0 Å². The second-order valence-corrected chi connectivity index (χ2v) is 6.39. The molecule has 2 atom stereocenters. The molecule has 2 heterocycles. The Morgan fingerprint density at radius 3 is 1.25 bits per heavy atom. The maximum atomic E-state index is 10.0. The minimum absolute atomic E-state index is 0.594. The molecule has 0 radical (unpaired) electrons. The molecule has 0 aliphatic rings. The van der Waals surface area contributed by atoms with Crippen molar-refractivity contribution in [1.82, 2.24) is 19.6 Å². The summed E-state index contributed by atoms with van der Waals surface area (Å²) in [6.45, 7) is 0. The van der Waals surface area contributed by atoms with Gasteiger partial charge in [0.05, 0.1) is 11.4 Å². The number of rotatable bonds is 4. The molecule has 0 bridgehead atoms. The van der Waals surface area contributed by atoms with E-state index in [1.165, 1.54) is 0 Å². The molecule has 2 aromatic carbocycles. The number of hydrogen-bond donors (Lipinski definition) is 2. The predicted octanol–water partition coefficient (Wildman–Crippen LogP) is 3.00. The molecule has 6 nitrogen and oxygen atoms in total. The van der Waals surface area contributed by atoms with Crippen molar-refractivity contribution < 1.29 is 10.2 Å². The van der Waals surface area contributed by atoms with Crippen LogP contribution in [0.4, 0.5) is 0 Å². The maximum Gasteiger partial charge on any atom is 0.121 e. The van der Waals surface area contributed by atoms with Crippen LogP contribution in [0.2, 0.25) is 0 Å². The highest BCUT2D eigenvalue weighted by atomic mass is 16.3. The smallest absolute Gasteiger partial charge is 0.121 e. The van der Waals surface area contributed by atoms with Crippen LogP contribution < -0.4 is 0 Å². The Labute approximate surface area is 164 Å². The number of aliphatic hydroxyl groups excluding tert-OH is 2. The Kier molecular flexibility index (Phi) is 6.37. The van der Waals surface area contributed by atoms with Crippen LogP contribution in [0.1, 0.15) is 34.7 Å². The fourth-order valence-corrected chi connectivity index (χ4v) is 2.92. The van der Waals surface area contributed by atoms with Crippen LogP contribution >= 0.6 is 0 Å². The molecular weight excluding hydrogens is 352 g/mol. The molecule has 4 rings (SSSR count). The topological polar surface area (TPSA) is 76.1 Å². The van der Waals surface area contributed by atoms with E-state index in [4.69, 9.17) is 0 Å².